The number of hydrogen-bond acceptors (Lipinski definition) is 0. The first-order valence-electron chi connectivity index (χ1n) is 8.92. The van der Waals surface area contributed by atoms with Crippen LogP contribution < -0.4 is 0 Å². The van der Waals surface area contributed by atoms with Gasteiger partial charge in [-0.1, -0.05) is 77.0 Å². The average molecular weight is 248 g/mol. The number of hydrogen-bond donors (Lipinski definition) is 0. The molecule has 3 aliphatic carbocycles. The van der Waals surface area contributed by atoms with E-state index in [9.17, 15) is 0 Å². The zero-order valence-electron chi connectivity index (χ0n) is 12.2. The van der Waals surface area contributed by atoms with Crippen LogP contribution in [-0.2, 0) is 0 Å². The normalized spacial score (nSPS) is 34.7. The minimum Gasteiger partial charge on any atom is -0.0533 e. The topological polar surface area (TPSA) is 0 Å². The van der Waals surface area contributed by atoms with Crippen LogP contribution in [0.2, 0.25) is 0 Å². The molecule has 0 aliphatic heterocycles. The third-order valence-electron chi connectivity index (χ3n) is 6.13. The fourth-order valence-electron chi connectivity index (χ4n) is 4.66. The van der Waals surface area contributed by atoms with Gasteiger partial charge >= 0.3 is 0 Å². The molecule has 104 valence electrons. The standard InChI is InChI=1S/C18H32/c1-2-7-17(8-3-1)18-13-11-16(12-14-18)6-4-5-15-9-10-15/h15-18H,1-14H2. The van der Waals surface area contributed by atoms with Crippen molar-refractivity contribution in [2.24, 2.45) is 23.7 Å². The smallest absolute Gasteiger partial charge is 0.0386 e. The SMILES string of the molecule is C1CCC(C2CCC(CCCC3CC3)CC2)CC1. The second kappa shape index (κ2) is 6.44. The van der Waals surface area contributed by atoms with E-state index >= 15 is 0 Å². The van der Waals surface area contributed by atoms with Gasteiger partial charge in [0.05, 0.1) is 0 Å². The first-order chi connectivity index (χ1) is 8.92. The van der Waals surface area contributed by atoms with Crippen LogP contribution in [0.15, 0.2) is 0 Å². The molecular weight excluding hydrogens is 216 g/mol. The van der Waals surface area contributed by atoms with E-state index in [0.29, 0.717) is 0 Å². The van der Waals surface area contributed by atoms with Gasteiger partial charge in [-0.3, -0.25) is 0 Å². The van der Waals surface area contributed by atoms with E-state index in [1.54, 1.807) is 70.6 Å². The molecule has 0 amide bonds. The molecular formula is C18H32. The zero-order chi connectivity index (χ0) is 12.2. The van der Waals surface area contributed by atoms with Gasteiger partial charge in [-0.05, 0) is 36.5 Å². The van der Waals surface area contributed by atoms with Gasteiger partial charge in [0.15, 0.2) is 0 Å². The highest BCUT2D eigenvalue weighted by molar-refractivity contribution is 4.80. The van der Waals surface area contributed by atoms with Crippen LogP contribution in [0.5, 0.6) is 0 Å². The van der Waals surface area contributed by atoms with Gasteiger partial charge in [0, 0.05) is 0 Å². The summed E-state index contributed by atoms with van der Waals surface area (Å²) in [5.41, 5.74) is 0. The summed E-state index contributed by atoms with van der Waals surface area (Å²) in [6.07, 6.45) is 21.8. The molecule has 0 spiro atoms. The zero-order valence-corrected chi connectivity index (χ0v) is 12.2. The molecule has 18 heavy (non-hydrogen) atoms. The first-order valence-corrected chi connectivity index (χ1v) is 8.92. The Bertz CT molecular complexity index is 226. The van der Waals surface area contributed by atoms with Crippen molar-refractivity contribution in [2.75, 3.05) is 0 Å². The summed E-state index contributed by atoms with van der Waals surface area (Å²) in [5.74, 6) is 4.53. The summed E-state index contributed by atoms with van der Waals surface area (Å²) >= 11 is 0. The Morgan fingerprint density at radius 2 is 1.00 bits per heavy atom. The minimum atomic E-state index is 1.11. The molecule has 3 fully saturated rings. The van der Waals surface area contributed by atoms with E-state index in [1.807, 2.05) is 0 Å². The van der Waals surface area contributed by atoms with Gasteiger partial charge < -0.3 is 0 Å². The molecule has 0 nitrogen and oxygen atoms in total. The summed E-state index contributed by atoms with van der Waals surface area (Å²) < 4.78 is 0. The Morgan fingerprint density at radius 3 is 1.56 bits per heavy atom. The van der Waals surface area contributed by atoms with Crippen molar-refractivity contribution in [3.8, 4) is 0 Å². The quantitative estimate of drug-likeness (QED) is 0.563. The van der Waals surface area contributed by atoms with E-state index in [2.05, 4.69) is 0 Å². The molecule has 0 heteroatoms. The lowest BCUT2D eigenvalue weighted by Crippen LogP contribution is -2.23. The maximum Gasteiger partial charge on any atom is -0.0386 e. The molecule has 0 bridgehead atoms. The monoisotopic (exact) mass is 248 g/mol. The molecule has 0 atom stereocenters. The lowest BCUT2D eigenvalue weighted by Gasteiger charge is -2.36. The second-order valence-corrected chi connectivity index (χ2v) is 7.55. The van der Waals surface area contributed by atoms with Gasteiger partial charge in [0.2, 0.25) is 0 Å². The summed E-state index contributed by atoms with van der Waals surface area (Å²) in [6, 6.07) is 0. The van der Waals surface area contributed by atoms with Gasteiger partial charge in [-0.15, -0.1) is 0 Å². The fraction of sp³-hybridized carbons (Fsp3) is 1.00. The van der Waals surface area contributed by atoms with Crippen LogP contribution in [-0.4, -0.2) is 0 Å². The molecule has 0 aromatic carbocycles. The summed E-state index contributed by atoms with van der Waals surface area (Å²) in [5, 5.41) is 0. The summed E-state index contributed by atoms with van der Waals surface area (Å²) in [7, 11) is 0. The number of rotatable bonds is 5. The van der Waals surface area contributed by atoms with Gasteiger partial charge in [-0.25, -0.2) is 0 Å². The van der Waals surface area contributed by atoms with E-state index in [-0.39, 0.29) is 0 Å². The highest BCUT2D eigenvalue weighted by Gasteiger charge is 2.28. The predicted octanol–water partition coefficient (Wildman–Crippen LogP) is 5.95. The van der Waals surface area contributed by atoms with Gasteiger partial charge in [0.25, 0.3) is 0 Å². The molecule has 0 N–H and O–H groups in total. The molecule has 0 aromatic heterocycles. The molecule has 3 rings (SSSR count). The van der Waals surface area contributed by atoms with E-state index < -0.39 is 0 Å². The molecule has 0 unspecified atom stereocenters. The van der Waals surface area contributed by atoms with Gasteiger partial charge in [0.1, 0.15) is 0 Å². The molecule has 3 aliphatic rings. The molecule has 0 saturated heterocycles. The predicted molar refractivity (Wildman–Crippen MR) is 78.6 cm³/mol. The van der Waals surface area contributed by atoms with E-state index in [1.165, 1.54) is 19.3 Å². The minimum absolute atomic E-state index is 1.11. The van der Waals surface area contributed by atoms with Crippen LogP contribution in [0, 0.1) is 23.7 Å². The van der Waals surface area contributed by atoms with Crippen molar-refractivity contribution in [1.82, 2.24) is 0 Å². The third kappa shape index (κ3) is 3.75. The Balaban J connectivity index is 1.32. The van der Waals surface area contributed by atoms with Crippen LogP contribution >= 0.6 is 0 Å². The Hall–Kier alpha value is 0. The van der Waals surface area contributed by atoms with Crippen LogP contribution in [0.25, 0.3) is 0 Å². The maximum atomic E-state index is 1.58. The van der Waals surface area contributed by atoms with Gasteiger partial charge in [-0.2, -0.15) is 0 Å². The van der Waals surface area contributed by atoms with Crippen LogP contribution in [0.3, 0.4) is 0 Å². The van der Waals surface area contributed by atoms with E-state index in [4.69, 9.17) is 0 Å². The third-order valence-corrected chi connectivity index (χ3v) is 6.13. The maximum absolute atomic E-state index is 1.58. The lowest BCUT2D eigenvalue weighted by molar-refractivity contribution is 0.162. The highest BCUT2D eigenvalue weighted by atomic mass is 14.3. The Labute approximate surface area is 114 Å². The Morgan fingerprint density at radius 1 is 0.500 bits per heavy atom. The van der Waals surface area contributed by atoms with Crippen molar-refractivity contribution in [3.05, 3.63) is 0 Å². The van der Waals surface area contributed by atoms with E-state index in [0.717, 1.165) is 23.7 Å². The van der Waals surface area contributed by atoms with Crippen LogP contribution in [0.4, 0.5) is 0 Å². The van der Waals surface area contributed by atoms with Crippen molar-refractivity contribution < 1.29 is 0 Å². The molecule has 3 saturated carbocycles. The molecule has 0 radical (unpaired) electrons. The highest BCUT2D eigenvalue weighted by Crippen LogP contribution is 2.41. The largest absolute Gasteiger partial charge is 0.0533 e. The molecule has 0 heterocycles. The lowest BCUT2D eigenvalue weighted by atomic mass is 9.70. The first kappa shape index (κ1) is 13.0. The fourth-order valence-corrected chi connectivity index (χ4v) is 4.66. The molecule has 0 aromatic rings. The van der Waals surface area contributed by atoms with Crippen molar-refractivity contribution in [3.63, 3.8) is 0 Å². The van der Waals surface area contributed by atoms with Crippen LogP contribution in [0.1, 0.15) is 89.9 Å². The summed E-state index contributed by atoms with van der Waals surface area (Å²) in [6.45, 7) is 0. The van der Waals surface area contributed by atoms with Crippen molar-refractivity contribution in [1.29, 1.82) is 0 Å². The Kier molecular flexibility index (Phi) is 4.65. The summed E-state index contributed by atoms with van der Waals surface area (Å²) in [4.78, 5) is 0. The van der Waals surface area contributed by atoms with Crippen molar-refractivity contribution in [2.45, 2.75) is 89.9 Å². The van der Waals surface area contributed by atoms with Crippen molar-refractivity contribution >= 4 is 0 Å². The average Bonchev–Trinajstić information content (AvgIpc) is 3.25. The second-order valence-electron chi connectivity index (χ2n) is 7.55.